The van der Waals surface area contributed by atoms with Crippen LogP contribution in [0.2, 0.25) is 0 Å². The van der Waals surface area contributed by atoms with E-state index in [1.54, 1.807) is 12.1 Å². The molecule has 0 fully saturated rings. The zero-order chi connectivity index (χ0) is 8.27. The summed E-state index contributed by atoms with van der Waals surface area (Å²) in [6.07, 6.45) is 0.665. The monoisotopic (exact) mass is 170 g/mol. The minimum atomic E-state index is -0.523. The topological polar surface area (TPSA) is 17.1 Å². The highest BCUT2D eigenvalue weighted by Crippen LogP contribution is 2.17. The molecular formula is C8H7FOS. The summed E-state index contributed by atoms with van der Waals surface area (Å²) in [5, 5.41) is -0.523. The summed E-state index contributed by atoms with van der Waals surface area (Å²) < 4.78 is 12.5. The predicted octanol–water partition coefficient (Wildman–Crippen LogP) is 2.00. The van der Waals surface area contributed by atoms with E-state index in [9.17, 15) is 9.18 Å². The first kappa shape index (κ1) is 8.27. The fourth-order valence-electron chi connectivity index (χ4n) is 0.769. The Labute approximate surface area is 69.6 Å². The van der Waals surface area contributed by atoms with E-state index in [1.807, 2.05) is 0 Å². The van der Waals surface area contributed by atoms with Crippen LogP contribution in [0.5, 0.6) is 0 Å². The van der Waals surface area contributed by atoms with Crippen molar-refractivity contribution in [3.05, 3.63) is 35.6 Å². The first-order valence-electron chi connectivity index (χ1n) is 3.13. The van der Waals surface area contributed by atoms with Gasteiger partial charge in [-0.25, -0.2) is 4.39 Å². The summed E-state index contributed by atoms with van der Waals surface area (Å²) in [4.78, 5) is 10.2. The highest BCUT2D eigenvalue weighted by Gasteiger charge is 2.03. The summed E-state index contributed by atoms with van der Waals surface area (Å²) in [7, 11) is 0. The molecule has 11 heavy (non-hydrogen) atoms. The van der Waals surface area contributed by atoms with Gasteiger partial charge in [-0.3, -0.25) is 0 Å². The van der Waals surface area contributed by atoms with Crippen molar-refractivity contribution in [2.75, 3.05) is 0 Å². The van der Waals surface area contributed by atoms with Gasteiger partial charge in [-0.1, -0.05) is 12.1 Å². The molecular weight excluding hydrogens is 163 g/mol. The molecule has 0 N–H and O–H groups in total. The third kappa shape index (κ3) is 2.05. The molecule has 0 heterocycles. The van der Waals surface area contributed by atoms with Gasteiger partial charge in [0.25, 0.3) is 0 Å². The van der Waals surface area contributed by atoms with Crippen molar-refractivity contribution < 1.29 is 9.18 Å². The number of aldehydes is 1. The Morgan fingerprint density at radius 2 is 2.27 bits per heavy atom. The zero-order valence-corrected chi connectivity index (χ0v) is 6.59. The molecule has 0 bridgehead atoms. The van der Waals surface area contributed by atoms with Crippen molar-refractivity contribution in [3.63, 3.8) is 0 Å². The summed E-state index contributed by atoms with van der Waals surface area (Å²) in [6, 6.07) is 5.84. The van der Waals surface area contributed by atoms with Crippen molar-refractivity contribution in [2.45, 2.75) is 5.25 Å². The number of carbonyl (C=O) groups is 1. The van der Waals surface area contributed by atoms with Gasteiger partial charge < -0.3 is 4.79 Å². The maximum atomic E-state index is 12.5. The van der Waals surface area contributed by atoms with Crippen LogP contribution in [-0.2, 0) is 4.79 Å². The Morgan fingerprint density at radius 3 is 2.82 bits per heavy atom. The number of rotatable bonds is 2. The van der Waals surface area contributed by atoms with E-state index in [2.05, 4.69) is 12.6 Å². The van der Waals surface area contributed by atoms with Crippen molar-refractivity contribution >= 4 is 18.9 Å². The van der Waals surface area contributed by atoms with Gasteiger partial charge in [0.2, 0.25) is 0 Å². The minimum Gasteiger partial charge on any atom is -0.302 e. The van der Waals surface area contributed by atoms with Crippen molar-refractivity contribution in [1.29, 1.82) is 0 Å². The van der Waals surface area contributed by atoms with E-state index in [4.69, 9.17) is 0 Å². The molecule has 1 aromatic rings. The van der Waals surface area contributed by atoms with Crippen LogP contribution in [0.15, 0.2) is 24.3 Å². The van der Waals surface area contributed by atoms with Gasteiger partial charge in [-0.15, -0.1) is 0 Å². The van der Waals surface area contributed by atoms with Crippen molar-refractivity contribution in [3.8, 4) is 0 Å². The van der Waals surface area contributed by atoms with Gasteiger partial charge in [0.1, 0.15) is 12.1 Å². The Kier molecular flexibility index (Phi) is 2.65. The second-order valence-electron chi connectivity index (χ2n) is 2.14. The number of benzene rings is 1. The average molecular weight is 170 g/mol. The average Bonchev–Trinajstić information content (AvgIpc) is 2.03. The standard InChI is InChI=1S/C8H7FOS/c9-7-3-1-2-6(4-7)8(11)5-10/h1-5,8,11H. The van der Waals surface area contributed by atoms with Crippen LogP contribution in [0.4, 0.5) is 4.39 Å². The number of carbonyl (C=O) groups excluding carboxylic acids is 1. The lowest BCUT2D eigenvalue weighted by Gasteiger charge is -2.01. The van der Waals surface area contributed by atoms with Crippen LogP contribution in [0.25, 0.3) is 0 Å². The highest BCUT2D eigenvalue weighted by atomic mass is 32.1. The fraction of sp³-hybridized carbons (Fsp3) is 0.125. The maximum absolute atomic E-state index is 12.5. The van der Waals surface area contributed by atoms with E-state index in [1.165, 1.54) is 12.1 Å². The molecule has 0 aromatic heterocycles. The van der Waals surface area contributed by atoms with Crippen LogP contribution >= 0.6 is 12.6 Å². The van der Waals surface area contributed by atoms with Gasteiger partial charge in [0.05, 0.1) is 5.25 Å². The van der Waals surface area contributed by atoms with Gasteiger partial charge in [-0.05, 0) is 17.7 Å². The normalized spacial score (nSPS) is 12.5. The molecule has 0 aliphatic rings. The number of halogens is 1. The smallest absolute Gasteiger partial charge is 0.137 e. The van der Waals surface area contributed by atoms with Crippen LogP contribution in [-0.4, -0.2) is 6.29 Å². The molecule has 0 spiro atoms. The fourth-order valence-corrected chi connectivity index (χ4v) is 0.930. The molecule has 3 heteroatoms. The second-order valence-corrected chi connectivity index (χ2v) is 2.69. The Bertz CT molecular complexity index is 262. The largest absolute Gasteiger partial charge is 0.302 e. The summed E-state index contributed by atoms with van der Waals surface area (Å²) in [6.45, 7) is 0. The van der Waals surface area contributed by atoms with Crippen LogP contribution in [0.3, 0.4) is 0 Å². The number of hydrogen-bond donors (Lipinski definition) is 1. The molecule has 1 nitrogen and oxygen atoms in total. The van der Waals surface area contributed by atoms with E-state index in [0.717, 1.165) is 0 Å². The predicted molar refractivity (Wildman–Crippen MR) is 44.2 cm³/mol. The van der Waals surface area contributed by atoms with Gasteiger partial charge in [0.15, 0.2) is 0 Å². The first-order valence-corrected chi connectivity index (χ1v) is 3.64. The van der Waals surface area contributed by atoms with Crippen molar-refractivity contribution in [2.24, 2.45) is 0 Å². The minimum absolute atomic E-state index is 0.344. The molecule has 1 aromatic carbocycles. The van der Waals surface area contributed by atoms with E-state index < -0.39 is 5.25 Å². The molecule has 0 saturated carbocycles. The van der Waals surface area contributed by atoms with Gasteiger partial charge in [-0.2, -0.15) is 12.6 Å². The quantitative estimate of drug-likeness (QED) is 0.530. The summed E-state index contributed by atoms with van der Waals surface area (Å²) in [5.41, 5.74) is 0.586. The van der Waals surface area contributed by atoms with E-state index in [0.29, 0.717) is 11.8 Å². The number of thiol groups is 1. The van der Waals surface area contributed by atoms with E-state index in [-0.39, 0.29) is 5.82 Å². The molecule has 0 saturated heterocycles. The summed E-state index contributed by atoms with van der Waals surface area (Å²) >= 11 is 3.93. The van der Waals surface area contributed by atoms with Gasteiger partial charge in [0, 0.05) is 0 Å². The molecule has 0 radical (unpaired) electrons. The van der Waals surface area contributed by atoms with Crippen LogP contribution in [0.1, 0.15) is 10.8 Å². The van der Waals surface area contributed by atoms with E-state index >= 15 is 0 Å². The lowest BCUT2D eigenvalue weighted by molar-refractivity contribution is -0.107. The molecule has 0 aliphatic heterocycles. The SMILES string of the molecule is O=CC(S)c1cccc(F)c1. The third-order valence-electron chi connectivity index (χ3n) is 1.32. The molecule has 0 aliphatic carbocycles. The summed E-state index contributed by atoms with van der Waals surface area (Å²) in [5.74, 6) is -0.344. The lowest BCUT2D eigenvalue weighted by atomic mass is 10.1. The van der Waals surface area contributed by atoms with Crippen molar-refractivity contribution in [1.82, 2.24) is 0 Å². The molecule has 1 rings (SSSR count). The molecule has 1 atom stereocenters. The maximum Gasteiger partial charge on any atom is 0.137 e. The van der Waals surface area contributed by atoms with Gasteiger partial charge >= 0.3 is 0 Å². The highest BCUT2D eigenvalue weighted by molar-refractivity contribution is 7.81. The second kappa shape index (κ2) is 3.53. The van der Waals surface area contributed by atoms with Crippen LogP contribution < -0.4 is 0 Å². The Morgan fingerprint density at radius 1 is 1.55 bits per heavy atom. The molecule has 0 amide bonds. The zero-order valence-electron chi connectivity index (χ0n) is 5.70. The lowest BCUT2D eigenvalue weighted by Crippen LogP contribution is -1.91. The molecule has 58 valence electrons. The first-order chi connectivity index (χ1) is 5.24. The number of hydrogen-bond acceptors (Lipinski definition) is 2. The molecule has 1 unspecified atom stereocenters. The van der Waals surface area contributed by atoms with Crippen LogP contribution in [0, 0.1) is 5.82 Å². The Hall–Kier alpha value is -0.830. The third-order valence-corrected chi connectivity index (χ3v) is 1.74. The Balaban J connectivity index is 2.95.